The third-order valence-electron chi connectivity index (χ3n) is 3.42. The molecule has 5 nitrogen and oxygen atoms in total. The van der Waals surface area contributed by atoms with Gasteiger partial charge in [0, 0.05) is 13.1 Å². The van der Waals surface area contributed by atoms with Gasteiger partial charge in [-0.1, -0.05) is 12.1 Å². The van der Waals surface area contributed by atoms with Crippen molar-refractivity contribution in [2.24, 2.45) is 0 Å². The number of hydrogen-bond acceptors (Lipinski definition) is 4. The fourth-order valence-corrected chi connectivity index (χ4v) is 2.89. The molecule has 0 saturated carbocycles. The Morgan fingerprint density at radius 2 is 2.08 bits per heavy atom. The first-order valence-corrected chi connectivity index (χ1v) is 8.06. The SMILES string of the molecule is CN(Cc1nc2ccsc2c(=O)[nH]1)C(=O)C=Cc1ccc(F)cc1. The van der Waals surface area contributed by atoms with Gasteiger partial charge in [0.1, 0.15) is 16.3 Å². The van der Waals surface area contributed by atoms with Gasteiger partial charge in [0.15, 0.2) is 0 Å². The Bertz CT molecular complexity index is 960. The van der Waals surface area contributed by atoms with E-state index in [9.17, 15) is 14.0 Å². The highest BCUT2D eigenvalue weighted by molar-refractivity contribution is 7.17. The van der Waals surface area contributed by atoms with Crippen molar-refractivity contribution in [2.75, 3.05) is 7.05 Å². The molecule has 1 aromatic carbocycles. The van der Waals surface area contributed by atoms with E-state index >= 15 is 0 Å². The molecule has 0 atom stereocenters. The molecule has 7 heteroatoms. The molecule has 0 aliphatic rings. The lowest BCUT2D eigenvalue weighted by atomic mass is 10.2. The molecule has 122 valence electrons. The second-order valence-corrected chi connectivity index (χ2v) is 6.14. The number of amides is 1. The lowest BCUT2D eigenvalue weighted by molar-refractivity contribution is -0.125. The number of halogens is 1. The van der Waals surface area contributed by atoms with Gasteiger partial charge in [-0.15, -0.1) is 11.3 Å². The van der Waals surface area contributed by atoms with Crippen LogP contribution < -0.4 is 5.56 Å². The predicted octanol–water partition coefficient (Wildman–Crippen LogP) is 2.80. The summed E-state index contributed by atoms with van der Waals surface area (Å²) in [6, 6.07) is 7.61. The van der Waals surface area contributed by atoms with Crippen molar-refractivity contribution in [3.8, 4) is 0 Å². The van der Waals surface area contributed by atoms with Gasteiger partial charge in [0.25, 0.3) is 5.56 Å². The smallest absolute Gasteiger partial charge is 0.268 e. The van der Waals surface area contributed by atoms with Crippen molar-refractivity contribution >= 4 is 33.5 Å². The first-order chi connectivity index (χ1) is 11.5. The summed E-state index contributed by atoms with van der Waals surface area (Å²) in [5.74, 6) is -0.140. The molecule has 3 rings (SSSR count). The number of benzene rings is 1. The highest BCUT2D eigenvalue weighted by atomic mass is 32.1. The third kappa shape index (κ3) is 3.57. The monoisotopic (exact) mass is 343 g/mol. The molecule has 2 heterocycles. The summed E-state index contributed by atoms with van der Waals surface area (Å²) in [6.07, 6.45) is 3.00. The van der Waals surface area contributed by atoms with Crippen molar-refractivity contribution in [2.45, 2.75) is 6.54 Å². The summed E-state index contributed by atoms with van der Waals surface area (Å²) in [4.78, 5) is 32.5. The van der Waals surface area contributed by atoms with E-state index in [0.29, 0.717) is 16.0 Å². The van der Waals surface area contributed by atoms with Gasteiger partial charge in [-0.3, -0.25) is 9.59 Å². The Morgan fingerprint density at radius 1 is 1.33 bits per heavy atom. The molecule has 0 radical (unpaired) electrons. The van der Waals surface area contributed by atoms with Gasteiger partial charge >= 0.3 is 0 Å². The molecule has 0 fully saturated rings. The number of fused-ring (bicyclic) bond motifs is 1. The van der Waals surface area contributed by atoms with Crippen LogP contribution in [0, 0.1) is 5.82 Å². The summed E-state index contributed by atoms with van der Waals surface area (Å²) in [7, 11) is 1.62. The Morgan fingerprint density at radius 3 is 2.83 bits per heavy atom. The normalized spacial score (nSPS) is 11.2. The van der Waals surface area contributed by atoms with Crippen LogP contribution in [0.4, 0.5) is 4.39 Å². The van der Waals surface area contributed by atoms with Crippen molar-refractivity contribution in [3.05, 3.63) is 69.3 Å². The molecule has 0 bridgehead atoms. The fraction of sp³-hybridized carbons (Fsp3) is 0.118. The predicted molar refractivity (Wildman–Crippen MR) is 92.1 cm³/mol. The highest BCUT2D eigenvalue weighted by Crippen LogP contribution is 2.14. The van der Waals surface area contributed by atoms with Gasteiger partial charge in [0.05, 0.1) is 12.1 Å². The number of carbonyl (C=O) groups is 1. The molecule has 0 saturated heterocycles. The van der Waals surface area contributed by atoms with Crippen LogP contribution in [0.3, 0.4) is 0 Å². The Kier molecular flexibility index (Phi) is 4.52. The van der Waals surface area contributed by atoms with Gasteiger partial charge in [-0.25, -0.2) is 9.37 Å². The zero-order valence-electron chi connectivity index (χ0n) is 12.8. The van der Waals surface area contributed by atoms with Crippen LogP contribution in [-0.2, 0) is 11.3 Å². The number of thiophene rings is 1. The molecule has 0 spiro atoms. The number of hydrogen-bond donors (Lipinski definition) is 1. The number of H-pyrrole nitrogens is 1. The van der Waals surface area contributed by atoms with E-state index in [2.05, 4.69) is 9.97 Å². The van der Waals surface area contributed by atoms with Crippen LogP contribution in [0.1, 0.15) is 11.4 Å². The van der Waals surface area contributed by atoms with E-state index in [1.807, 2.05) is 0 Å². The van der Waals surface area contributed by atoms with Crippen LogP contribution in [-0.4, -0.2) is 27.8 Å². The fourth-order valence-electron chi connectivity index (χ4n) is 2.17. The van der Waals surface area contributed by atoms with Crippen LogP contribution >= 0.6 is 11.3 Å². The highest BCUT2D eigenvalue weighted by Gasteiger charge is 2.10. The Hall–Kier alpha value is -2.80. The second-order valence-electron chi connectivity index (χ2n) is 5.23. The zero-order chi connectivity index (χ0) is 17.1. The molecule has 1 amide bonds. The number of aromatic amines is 1. The van der Waals surface area contributed by atoms with E-state index in [0.717, 1.165) is 5.56 Å². The molecule has 2 aromatic heterocycles. The maximum atomic E-state index is 12.8. The zero-order valence-corrected chi connectivity index (χ0v) is 13.6. The molecule has 1 N–H and O–H groups in total. The first kappa shape index (κ1) is 16.1. The number of aromatic nitrogens is 2. The standard InChI is InChI=1S/C17H14FN3O2S/c1-21(15(22)7-4-11-2-5-12(18)6-3-11)10-14-19-13-8-9-24-16(13)17(23)20-14/h2-9H,10H2,1H3,(H,19,20,23). The minimum atomic E-state index is -0.325. The van der Waals surface area contributed by atoms with Crippen LogP contribution in [0.2, 0.25) is 0 Å². The van der Waals surface area contributed by atoms with Crippen molar-refractivity contribution in [1.29, 1.82) is 0 Å². The third-order valence-corrected chi connectivity index (χ3v) is 4.32. The number of nitrogens with zero attached hydrogens (tertiary/aromatic N) is 2. The van der Waals surface area contributed by atoms with E-state index in [1.165, 1.54) is 34.4 Å². The maximum absolute atomic E-state index is 12.8. The van der Waals surface area contributed by atoms with Crippen LogP contribution in [0.5, 0.6) is 0 Å². The number of nitrogens with one attached hydrogen (secondary N) is 1. The minimum Gasteiger partial charge on any atom is -0.335 e. The maximum Gasteiger partial charge on any atom is 0.268 e. The van der Waals surface area contributed by atoms with Crippen LogP contribution in [0.25, 0.3) is 16.3 Å². The van der Waals surface area contributed by atoms with Crippen LogP contribution in [0.15, 0.2) is 46.6 Å². The molecule has 24 heavy (non-hydrogen) atoms. The quantitative estimate of drug-likeness (QED) is 0.741. The average Bonchev–Trinajstić information content (AvgIpc) is 3.03. The number of carbonyl (C=O) groups excluding carboxylic acids is 1. The Balaban J connectivity index is 1.70. The molecule has 3 aromatic rings. The summed E-state index contributed by atoms with van der Waals surface area (Å²) < 4.78 is 13.4. The first-order valence-electron chi connectivity index (χ1n) is 7.18. The largest absolute Gasteiger partial charge is 0.335 e. The van der Waals surface area contributed by atoms with Gasteiger partial charge in [-0.2, -0.15) is 0 Å². The summed E-state index contributed by atoms with van der Waals surface area (Å²) in [6.45, 7) is 0.188. The average molecular weight is 343 g/mol. The molecular formula is C17H14FN3O2S. The van der Waals surface area contributed by atoms with E-state index in [1.54, 1.807) is 36.7 Å². The molecule has 0 aliphatic heterocycles. The summed E-state index contributed by atoms with van der Waals surface area (Å²) in [5, 5.41) is 1.80. The lowest BCUT2D eigenvalue weighted by Gasteiger charge is -2.14. The van der Waals surface area contributed by atoms with Crippen molar-refractivity contribution < 1.29 is 9.18 Å². The van der Waals surface area contributed by atoms with Gasteiger partial charge < -0.3 is 9.88 Å². The molecule has 0 unspecified atom stereocenters. The number of likely N-dealkylation sites (N-methyl/N-ethyl adjacent to an activating group) is 1. The van der Waals surface area contributed by atoms with Gasteiger partial charge in [-0.05, 0) is 35.2 Å². The topological polar surface area (TPSA) is 66.1 Å². The molecular weight excluding hydrogens is 329 g/mol. The summed E-state index contributed by atoms with van der Waals surface area (Å²) in [5.41, 5.74) is 1.15. The second kappa shape index (κ2) is 6.76. The van der Waals surface area contributed by atoms with Crippen molar-refractivity contribution in [1.82, 2.24) is 14.9 Å². The van der Waals surface area contributed by atoms with E-state index in [-0.39, 0.29) is 23.8 Å². The van der Waals surface area contributed by atoms with Gasteiger partial charge in [0.2, 0.25) is 5.91 Å². The Labute approximate surface area is 141 Å². The minimum absolute atomic E-state index is 0.188. The summed E-state index contributed by atoms with van der Waals surface area (Å²) >= 11 is 1.33. The molecule has 0 aliphatic carbocycles. The van der Waals surface area contributed by atoms with Crippen molar-refractivity contribution in [3.63, 3.8) is 0 Å². The van der Waals surface area contributed by atoms with E-state index < -0.39 is 0 Å². The lowest BCUT2D eigenvalue weighted by Crippen LogP contribution is -2.26. The number of rotatable bonds is 4. The van der Waals surface area contributed by atoms with E-state index in [4.69, 9.17) is 0 Å².